The minimum absolute atomic E-state index is 0.147. The van der Waals surface area contributed by atoms with Gasteiger partial charge in [-0.05, 0) is 91.3 Å². The number of carbonyl (C=O) groups is 1. The van der Waals surface area contributed by atoms with E-state index in [1.807, 2.05) is 66.7 Å². The lowest BCUT2D eigenvalue weighted by Gasteiger charge is -2.20. The molecule has 4 rings (SSSR count). The molecule has 1 aliphatic rings. The Bertz CT molecular complexity index is 1190. The van der Waals surface area contributed by atoms with Crippen LogP contribution >= 0.6 is 23.4 Å². The smallest absolute Gasteiger partial charge is 0.264 e. The van der Waals surface area contributed by atoms with Gasteiger partial charge in [-0.25, -0.2) is 4.99 Å². The molecule has 7 heteroatoms. The average molecular weight is 492 g/mol. The second kappa shape index (κ2) is 11.3. The predicted molar refractivity (Wildman–Crippen MR) is 143 cm³/mol. The van der Waals surface area contributed by atoms with Crippen LogP contribution < -0.4 is 15.0 Å². The Morgan fingerprint density at radius 2 is 1.65 bits per heavy atom. The van der Waals surface area contributed by atoms with Gasteiger partial charge in [-0.1, -0.05) is 35.9 Å². The highest BCUT2D eigenvalue weighted by atomic mass is 35.5. The van der Waals surface area contributed by atoms with Crippen LogP contribution in [0.5, 0.6) is 5.75 Å². The fourth-order valence-electron chi connectivity index (χ4n) is 3.48. The van der Waals surface area contributed by atoms with E-state index < -0.39 is 0 Å². The molecule has 0 bridgehead atoms. The molecule has 3 aromatic rings. The molecular weight excluding hydrogens is 466 g/mol. The number of amidine groups is 1. The van der Waals surface area contributed by atoms with Gasteiger partial charge in [0, 0.05) is 23.8 Å². The van der Waals surface area contributed by atoms with Crippen LogP contribution in [0.4, 0.5) is 11.4 Å². The summed E-state index contributed by atoms with van der Waals surface area (Å²) in [6, 6.07) is 23.3. The Hall–Kier alpha value is -3.22. The molecule has 1 saturated heterocycles. The van der Waals surface area contributed by atoms with Gasteiger partial charge in [0.15, 0.2) is 5.17 Å². The quantitative estimate of drug-likeness (QED) is 0.358. The van der Waals surface area contributed by atoms with Crippen molar-refractivity contribution in [2.45, 2.75) is 20.5 Å². The van der Waals surface area contributed by atoms with Crippen LogP contribution in [0.3, 0.4) is 0 Å². The summed E-state index contributed by atoms with van der Waals surface area (Å²) in [5, 5.41) is 4.13. The highest BCUT2D eigenvalue weighted by Crippen LogP contribution is 2.29. The van der Waals surface area contributed by atoms with Crippen molar-refractivity contribution in [2.75, 3.05) is 18.0 Å². The minimum Gasteiger partial charge on any atom is -0.489 e. The molecule has 0 atom stereocenters. The van der Waals surface area contributed by atoms with E-state index in [1.165, 1.54) is 17.4 Å². The summed E-state index contributed by atoms with van der Waals surface area (Å²) in [6.45, 7) is 6.65. The second-order valence-corrected chi connectivity index (χ2v) is 9.12. The van der Waals surface area contributed by atoms with E-state index >= 15 is 0 Å². The third kappa shape index (κ3) is 6.22. The van der Waals surface area contributed by atoms with Gasteiger partial charge >= 0.3 is 0 Å². The summed E-state index contributed by atoms with van der Waals surface area (Å²) in [5.74, 6) is 0.614. The summed E-state index contributed by atoms with van der Waals surface area (Å²) in [5.41, 5.74) is 3.94. The molecule has 1 amide bonds. The van der Waals surface area contributed by atoms with Gasteiger partial charge in [0.2, 0.25) is 0 Å². The van der Waals surface area contributed by atoms with E-state index in [4.69, 9.17) is 16.3 Å². The molecule has 1 aliphatic heterocycles. The Morgan fingerprint density at radius 3 is 2.29 bits per heavy atom. The van der Waals surface area contributed by atoms with E-state index in [0.29, 0.717) is 21.7 Å². The van der Waals surface area contributed by atoms with E-state index in [-0.39, 0.29) is 5.91 Å². The number of nitrogens with zero attached hydrogens (tertiary/aromatic N) is 2. The first-order valence-electron chi connectivity index (χ1n) is 11.2. The van der Waals surface area contributed by atoms with Gasteiger partial charge in [0.1, 0.15) is 12.4 Å². The summed E-state index contributed by atoms with van der Waals surface area (Å²) in [6.07, 6.45) is 1.86. The minimum atomic E-state index is -0.147. The molecular formula is C27H26ClN3O2S. The van der Waals surface area contributed by atoms with Crippen LogP contribution in [0.15, 0.2) is 82.7 Å². The van der Waals surface area contributed by atoms with Crippen molar-refractivity contribution in [3.8, 4) is 5.75 Å². The number of hydrogen-bond donors (Lipinski definition) is 1. The molecule has 34 heavy (non-hydrogen) atoms. The Labute approximate surface area is 209 Å². The summed E-state index contributed by atoms with van der Waals surface area (Å²) >= 11 is 7.26. The van der Waals surface area contributed by atoms with E-state index in [9.17, 15) is 4.79 Å². The summed E-state index contributed by atoms with van der Waals surface area (Å²) < 4.78 is 5.83. The van der Waals surface area contributed by atoms with Crippen LogP contribution in [0, 0.1) is 0 Å². The van der Waals surface area contributed by atoms with Gasteiger partial charge in [-0.15, -0.1) is 0 Å². The van der Waals surface area contributed by atoms with Crippen LogP contribution in [-0.2, 0) is 11.4 Å². The predicted octanol–water partition coefficient (Wildman–Crippen LogP) is 6.66. The third-order valence-electron chi connectivity index (χ3n) is 5.36. The maximum absolute atomic E-state index is 12.4. The van der Waals surface area contributed by atoms with E-state index in [0.717, 1.165) is 35.7 Å². The topological polar surface area (TPSA) is 53.9 Å². The lowest BCUT2D eigenvalue weighted by Crippen LogP contribution is -2.21. The number of aliphatic imine (C=N–C) groups is 1. The standard InChI is InChI=1S/C27H26ClN3O2S/c1-3-31(4-2)23-13-11-22(12-14-23)29-27-30-26(32)25(34-27)17-19-7-15-24(16-8-19)33-18-20-5-9-21(28)10-6-20/h5-17H,3-4,18H2,1-2H3,(H,29,30,32). The molecule has 5 nitrogen and oxygen atoms in total. The highest BCUT2D eigenvalue weighted by Gasteiger charge is 2.23. The Morgan fingerprint density at radius 1 is 0.971 bits per heavy atom. The lowest BCUT2D eigenvalue weighted by atomic mass is 10.2. The second-order valence-electron chi connectivity index (χ2n) is 7.65. The van der Waals surface area contributed by atoms with E-state index in [2.05, 4.69) is 41.2 Å². The first-order chi connectivity index (χ1) is 16.5. The van der Waals surface area contributed by atoms with Crippen LogP contribution in [0.2, 0.25) is 5.02 Å². The SMILES string of the molecule is CCN(CC)c1ccc(N=C2NC(=O)C(=Cc3ccc(OCc4ccc(Cl)cc4)cc3)S2)cc1. The van der Waals surface area contributed by atoms with Crippen LogP contribution in [-0.4, -0.2) is 24.2 Å². The number of thioether (sulfide) groups is 1. The van der Waals surface area contributed by atoms with Crippen LogP contribution in [0.25, 0.3) is 6.08 Å². The number of hydrogen-bond acceptors (Lipinski definition) is 5. The fraction of sp³-hybridized carbons (Fsp3) is 0.185. The zero-order chi connectivity index (χ0) is 23.9. The molecule has 174 valence electrons. The van der Waals surface area contributed by atoms with Crippen molar-refractivity contribution in [2.24, 2.45) is 4.99 Å². The number of carbonyl (C=O) groups excluding carboxylic acids is 1. The molecule has 1 heterocycles. The van der Waals surface area contributed by atoms with Crippen molar-refractivity contribution < 1.29 is 9.53 Å². The van der Waals surface area contributed by atoms with Crippen molar-refractivity contribution in [1.82, 2.24) is 5.32 Å². The van der Waals surface area contributed by atoms with Gasteiger partial charge in [0.05, 0.1) is 10.6 Å². The molecule has 1 N–H and O–H groups in total. The molecule has 0 aliphatic carbocycles. The Balaban J connectivity index is 1.38. The maximum Gasteiger partial charge on any atom is 0.264 e. The van der Waals surface area contributed by atoms with Gasteiger partial charge in [-0.2, -0.15) is 0 Å². The molecule has 0 saturated carbocycles. The first kappa shape index (κ1) is 23.9. The van der Waals surface area contributed by atoms with Crippen molar-refractivity contribution >= 4 is 51.9 Å². The van der Waals surface area contributed by atoms with Crippen molar-refractivity contribution in [3.63, 3.8) is 0 Å². The number of anilines is 1. The van der Waals surface area contributed by atoms with Gasteiger partial charge in [0.25, 0.3) is 5.91 Å². The zero-order valence-electron chi connectivity index (χ0n) is 19.1. The number of amides is 1. The van der Waals surface area contributed by atoms with Gasteiger partial charge in [-0.3, -0.25) is 4.79 Å². The van der Waals surface area contributed by atoms with Crippen molar-refractivity contribution in [3.05, 3.63) is 93.9 Å². The normalized spacial score (nSPS) is 15.6. The molecule has 0 aromatic heterocycles. The molecule has 0 radical (unpaired) electrons. The number of halogens is 1. The number of benzene rings is 3. The van der Waals surface area contributed by atoms with Gasteiger partial charge < -0.3 is 15.0 Å². The number of nitrogens with one attached hydrogen (secondary N) is 1. The Kier molecular flexibility index (Phi) is 7.93. The highest BCUT2D eigenvalue weighted by molar-refractivity contribution is 8.18. The molecule has 1 fully saturated rings. The average Bonchev–Trinajstić information content (AvgIpc) is 3.19. The molecule has 3 aromatic carbocycles. The lowest BCUT2D eigenvalue weighted by molar-refractivity contribution is -0.115. The van der Waals surface area contributed by atoms with Crippen molar-refractivity contribution in [1.29, 1.82) is 0 Å². The zero-order valence-corrected chi connectivity index (χ0v) is 20.7. The third-order valence-corrected chi connectivity index (χ3v) is 6.52. The maximum atomic E-state index is 12.4. The monoisotopic (exact) mass is 491 g/mol. The molecule has 0 unspecified atom stereocenters. The number of rotatable bonds is 8. The van der Waals surface area contributed by atoms with Crippen LogP contribution in [0.1, 0.15) is 25.0 Å². The summed E-state index contributed by atoms with van der Waals surface area (Å²) in [4.78, 5) is 19.9. The largest absolute Gasteiger partial charge is 0.489 e. The summed E-state index contributed by atoms with van der Waals surface area (Å²) in [7, 11) is 0. The number of ether oxygens (including phenoxy) is 1. The first-order valence-corrected chi connectivity index (χ1v) is 12.4. The molecule has 0 spiro atoms. The fourth-order valence-corrected chi connectivity index (χ4v) is 4.45. The van der Waals surface area contributed by atoms with E-state index in [1.54, 1.807) is 0 Å².